The summed E-state index contributed by atoms with van der Waals surface area (Å²) < 4.78 is 10.3. The van der Waals surface area contributed by atoms with Crippen LogP contribution in [-0.2, 0) is 20.7 Å². The van der Waals surface area contributed by atoms with E-state index in [-0.39, 0.29) is 35.1 Å². The number of esters is 1. The molecule has 1 amide bonds. The van der Waals surface area contributed by atoms with Crippen LogP contribution in [0.3, 0.4) is 0 Å². The lowest BCUT2D eigenvalue weighted by atomic mass is 10.1. The predicted octanol–water partition coefficient (Wildman–Crippen LogP) is 3.26. The highest BCUT2D eigenvalue weighted by Gasteiger charge is 2.15. The SMILES string of the molecule is COC(=O)COc1c(Cl)cc(C=NNC(=O)Cc2ccccc2[N+](=O)[O-])cc1Br. The van der Waals surface area contributed by atoms with Crippen LogP contribution in [0.15, 0.2) is 46.0 Å². The van der Waals surface area contributed by atoms with Gasteiger partial charge in [-0.2, -0.15) is 5.10 Å². The fraction of sp³-hybridized carbons (Fsp3) is 0.167. The van der Waals surface area contributed by atoms with Gasteiger partial charge in [0.05, 0.1) is 34.2 Å². The number of carbonyl (C=O) groups excluding carboxylic acids is 2. The maximum Gasteiger partial charge on any atom is 0.343 e. The summed E-state index contributed by atoms with van der Waals surface area (Å²) in [5, 5.41) is 15.0. The van der Waals surface area contributed by atoms with Crippen LogP contribution in [0, 0.1) is 10.1 Å². The maximum atomic E-state index is 12.0. The molecule has 2 aromatic rings. The number of hydrogen-bond donors (Lipinski definition) is 1. The first-order valence-corrected chi connectivity index (χ1v) is 9.21. The molecule has 0 aliphatic carbocycles. The minimum absolute atomic E-state index is 0.134. The van der Waals surface area contributed by atoms with Gasteiger partial charge in [-0.1, -0.05) is 29.8 Å². The van der Waals surface area contributed by atoms with Crippen LogP contribution in [0.25, 0.3) is 0 Å². The van der Waals surface area contributed by atoms with E-state index in [1.165, 1.54) is 37.6 Å². The Bertz CT molecular complexity index is 943. The number of nitro benzene ring substituents is 1. The van der Waals surface area contributed by atoms with Gasteiger partial charge in [0.2, 0.25) is 5.91 Å². The zero-order valence-electron chi connectivity index (χ0n) is 15.1. The maximum absolute atomic E-state index is 12.0. The summed E-state index contributed by atoms with van der Waals surface area (Å²) in [6.45, 7) is -0.302. The minimum Gasteiger partial charge on any atom is -0.479 e. The molecule has 9 nitrogen and oxygen atoms in total. The lowest BCUT2D eigenvalue weighted by Gasteiger charge is -2.09. The number of rotatable bonds is 8. The highest BCUT2D eigenvalue weighted by atomic mass is 79.9. The van der Waals surface area contributed by atoms with Crippen molar-refractivity contribution in [3.05, 3.63) is 67.1 Å². The molecule has 0 aliphatic heterocycles. The Morgan fingerprint density at radius 2 is 2.07 bits per heavy atom. The van der Waals surface area contributed by atoms with Gasteiger partial charge in [-0.15, -0.1) is 0 Å². The van der Waals surface area contributed by atoms with E-state index in [4.69, 9.17) is 16.3 Å². The molecule has 0 aliphatic rings. The summed E-state index contributed by atoms with van der Waals surface area (Å²) in [6, 6.07) is 9.12. The monoisotopic (exact) mass is 483 g/mol. The topological polar surface area (TPSA) is 120 Å². The number of methoxy groups -OCH3 is 1. The molecule has 11 heteroatoms. The number of nitrogens with zero attached hydrogens (tertiary/aromatic N) is 2. The molecular weight excluding hydrogens is 470 g/mol. The van der Waals surface area contributed by atoms with Gasteiger partial charge >= 0.3 is 5.97 Å². The molecule has 0 radical (unpaired) electrons. The molecule has 29 heavy (non-hydrogen) atoms. The summed E-state index contributed by atoms with van der Waals surface area (Å²) >= 11 is 9.42. The van der Waals surface area contributed by atoms with Crippen molar-refractivity contribution in [2.75, 3.05) is 13.7 Å². The third kappa shape index (κ3) is 6.54. The Morgan fingerprint density at radius 3 is 2.72 bits per heavy atom. The first-order valence-electron chi connectivity index (χ1n) is 8.04. The van der Waals surface area contributed by atoms with Crippen molar-refractivity contribution in [2.45, 2.75) is 6.42 Å². The van der Waals surface area contributed by atoms with Crippen molar-refractivity contribution in [3.8, 4) is 5.75 Å². The van der Waals surface area contributed by atoms with Gasteiger partial charge in [0, 0.05) is 11.6 Å². The van der Waals surface area contributed by atoms with Gasteiger partial charge in [0.15, 0.2) is 12.4 Å². The van der Waals surface area contributed by atoms with E-state index >= 15 is 0 Å². The van der Waals surface area contributed by atoms with Crippen LogP contribution >= 0.6 is 27.5 Å². The Balaban J connectivity index is 2.00. The second kappa shape index (κ2) is 10.5. The van der Waals surface area contributed by atoms with E-state index in [2.05, 4.69) is 31.2 Å². The van der Waals surface area contributed by atoms with E-state index < -0.39 is 16.8 Å². The summed E-state index contributed by atoms with van der Waals surface area (Å²) in [4.78, 5) is 33.6. The largest absolute Gasteiger partial charge is 0.479 e. The average molecular weight is 485 g/mol. The normalized spacial score (nSPS) is 10.6. The third-order valence-corrected chi connectivity index (χ3v) is 4.39. The lowest BCUT2D eigenvalue weighted by molar-refractivity contribution is -0.385. The number of para-hydroxylation sites is 1. The third-order valence-electron chi connectivity index (χ3n) is 3.52. The fourth-order valence-corrected chi connectivity index (χ4v) is 3.20. The number of hydrogen-bond acceptors (Lipinski definition) is 7. The van der Waals surface area contributed by atoms with Crippen molar-refractivity contribution in [2.24, 2.45) is 5.10 Å². The van der Waals surface area contributed by atoms with Crippen LogP contribution in [-0.4, -0.2) is 36.7 Å². The molecule has 152 valence electrons. The van der Waals surface area contributed by atoms with Crippen LogP contribution in [0.1, 0.15) is 11.1 Å². The smallest absolute Gasteiger partial charge is 0.343 e. The van der Waals surface area contributed by atoms with Gasteiger partial charge in [-0.3, -0.25) is 14.9 Å². The first kappa shape index (κ1) is 22.3. The van der Waals surface area contributed by atoms with Gasteiger partial charge in [-0.25, -0.2) is 10.2 Å². The summed E-state index contributed by atoms with van der Waals surface area (Å²) in [7, 11) is 1.24. The van der Waals surface area contributed by atoms with Crippen LogP contribution in [0.5, 0.6) is 5.75 Å². The van der Waals surface area contributed by atoms with E-state index in [1.54, 1.807) is 12.1 Å². The Morgan fingerprint density at radius 1 is 1.34 bits per heavy atom. The van der Waals surface area contributed by atoms with Crippen molar-refractivity contribution < 1.29 is 24.0 Å². The summed E-state index contributed by atoms with van der Waals surface area (Å²) in [6.07, 6.45) is 1.15. The molecule has 0 atom stereocenters. The molecular formula is C18H15BrClN3O6. The number of nitrogens with one attached hydrogen (secondary N) is 1. The molecule has 2 aromatic carbocycles. The molecule has 0 bridgehead atoms. The Labute approximate surface area is 178 Å². The molecule has 0 spiro atoms. The number of amides is 1. The van der Waals surface area contributed by atoms with Crippen LogP contribution in [0.4, 0.5) is 5.69 Å². The standard InChI is InChI=1S/C18H15BrClN3O6/c1-28-17(25)10-29-18-13(19)6-11(7-14(18)20)9-21-22-16(24)8-12-4-2-3-5-15(12)23(26)27/h2-7,9H,8,10H2,1H3,(H,22,24). The highest BCUT2D eigenvalue weighted by Crippen LogP contribution is 2.34. The minimum atomic E-state index is -0.556. The van der Waals surface area contributed by atoms with Crippen molar-refractivity contribution in [1.82, 2.24) is 5.43 Å². The molecule has 1 N–H and O–H groups in total. The average Bonchev–Trinajstić information content (AvgIpc) is 2.67. The van der Waals surface area contributed by atoms with Crippen molar-refractivity contribution >= 4 is 51.3 Å². The van der Waals surface area contributed by atoms with Crippen molar-refractivity contribution in [1.29, 1.82) is 0 Å². The van der Waals surface area contributed by atoms with E-state index in [0.29, 0.717) is 10.0 Å². The van der Waals surface area contributed by atoms with Crippen LogP contribution < -0.4 is 10.2 Å². The molecule has 0 aromatic heterocycles. The second-order valence-corrected chi connectivity index (χ2v) is 6.80. The number of hydrazone groups is 1. The van der Waals surface area contributed by atoms with Gasteiger partial charge in [-0.05, 0) is 33.6 Å². The van der Waals surface area contributed by atoms with Crippen molar-refractivity contribution in [3.63, 3.8) is 0 Å². The second-order valence-electron chi connectivity index (χ2n) is 5.53. The number of ether oxygens (including phenoxy) is 2. The first-order chi connectivity index (χ1) is 13.8. The highest BCUT2D eigenvalue weighted by molar-refractivity contribution is 9.10. The lowest BCUT2D eigenvalue weighted by Crippen LogP contribution is -2.20. The van der Waals surface area contributed by atoms with Crippen LogP contribution in [0.2, 0.25) is 5.02 Å². The van der Waals surface area contributed by atoms with E-state index in [9.17, 15) is 19.7 Å². The van der Waals surface area contributed by atoms with E-state index in [0.717, 1.165) is 0 Å². The molecule has 0 heterocycles. The number of halogens is 2. The zero-order chi connectivity index (χ0) is 21.4. The van der Waals surface area contributed by atoms with Gasteiger partial charge in [0.1, 0.15) is 0 Å². The Kier molecular flexibility index (Phi) is 8.10. The predicted molar refractivity (Wildman–Crippen MR) is 109 cm³/mol. The molecule has 0 unspecified atom stereocenters. The number of benzene rings is 2. The zero-order valence-corrected chi connectivity index (χ0v) is 17.4. The number of nitro groups is 1. The molecule has 0 saturated heterocycles. The van der Waals surface area contributed by atoms with Gasteiger partial charge in [0.25, 0.3) is 5.69 Å². The summed E-state index contributed by atoms with van der Waals surface area (Å²) in [5.41, 5.74) is 2.99. The summed E-state index contributed by atoms with van der Waals surface area (Å²) in [5.74, 6) is -0.812. The molecule has 0 fully saturated rings. The fourth-order valence-electron chi connectivity index (χ4n) is 2.21. The number of carbonyl (C=O) groups is 2. The quantitative estimate of drug-likeness (QED) is 0.266. The van der Waals surface area contributed by atoms with E-state index in [1.807, 2.05) is 0 Å². The van der Waals surface area contributed by atoms with Gasteiger partial charge < -0.3 is 9.47 Å². The molecule has 2 rings (SSSR count). The Hall–Kier alpha value is -2.98. The molecule has 0 saturated carbocycles.